The van der Waals surface area contributed by atoms with Crippen LogP contribution in [0, 0.1) is 6.92 Å². The molecule has 1 aliphatic rings. The van der Waals surface area contributed by atoms with Crippen LogP contribution < -0.4 is 10.3 Å². The lowest BCUT2D eigenvalue weighted by Crippen LogP contribution is -2.40. The highest BCUT2D eigenvalue weighted by molar-refractivity contribution is 5.76. The van der Waals surface area contributed by atoms with Gasteiger partial charge in [-0.3, -0.25) is 9.36 Å². The molecule has 0 spiro atoms. The molecule has 5 rings (SSSR count). The number of halogens is 3. The third-order valence-electron chi connectivity index (χ3n) is 5.88. The fourth-order valence-electron chi connectivity index (χ4n) is 4.12. The Bertz CT molecular complexity index is 1410. The number of fused-ring (bicyclic) bond motifs is 1. The summed E-state index contributed by atoms with van der Waals surface area (Å²) in [6.45, 7) is 1.83. The van der Waals surface area contributed by atoms with Crippen LogP contribution in [-0.4, -0.2) is 36.1 Å². The van der Waals surface area contributed by atoms with E-state index in [-0.39, 0.29) is 42.5 Å². The van der Waals surface area contributed by atoms with Crippen LogP contribution in [0.3, 0.4) is 0 Å². The van der Waals surface area contributed by atoms with E-state index >= 15 is 0 Å². The summed E-state index contributed by atoms with van der Waals surface area (Å²) in [7, 11) is 0. The summed E-state index contributed by atoms with van der Waals surface area (Å²) < 4.78 is 47.5. The molecule has 0 aliphatic heterocycles. The van der Waals surface area contributed by atoms with Gasteiger partial charge in [0.2, 0.25) is 5.89 Å². The molecule has 3 aromatic heterocycles. The first-order valence-electron chi connectivity index (χ1n) is 10.3. The molecule has 34 heavy (non-hydrogen) atoms. The molecule has 0 bridgehead atoms. The van der Waals surface area contributed by atoms with Crippen molar-refractivity contribution in [2.75, 3.05) is 0 Å². The Morgan fingerprint density at radius 3 is 2.65 bits per heavy atom. The fraction of sp³-hybridized carbons (Fsp3) is 0.318. The molecule has 9 nitrogen and oxygen atoms in total. The monoisotopic (exact) mass is 473 g/mol. The second kappa shape index (κ2) is 7.90. The van der Waals surface area contributed by atoms with Crippen molar-refractivity contribution in [1.29, 1.82) is 0 Å². The molecule has 4 aromatic rings. The Balaban J connectivity index is 1.27. The van der Waals surface area contributed by atoms with Gasteiger partial charge >= 0.3 is 6.36 Å². The maximum Gasteiger partial charge on any atom is 0.573 e. The van der Waals surface area contributed by atoms with Gasteiger partial charge in [-0.1, -0.05) is 17.3 Å². The summed E-state index contributed by atoms with van der Waals surface area (Å²) in [6, 6.07) is 6.85. The van der Waals surface area contributed by atoms with E-state index in [1.54, 1.807) is 19.2 Å². The summed E-state index contributed by atoms with van der Waals surface area (Å²) in [5, 5.41) is 15.2. The maximum atomic E-state index is 12.8. The molecule has 12 heteroatoms. The summed E-state index contributed by atoms with van der Waals surface area (Å²) >= 11 is 0. The molecular weight excluding hydrogens is 455 g/mol. The molecule has 0 atom stereocenters. The van der Waals surface area contributed by atoms with Gasteiger partial charge in [-0.2, -0.15) is 4.98 Å². The first-order valence-corrected chi connectivity index (χ1v) is 10.3. The molecule has 0 amide bonds. The lowest BCUT2D eigenvalue weighted by atomic mass is 9.67. The molecule has 0 unspecified atom stereocenters. The van der Waals surface area contributed by atoms with Crippen LogP contribution in [-0.2, 0) is 12.1 Å². The van der Waals surface area contributed by atoms with Gasteiger partial charge in [-0.05, 0) is 49.1 Å². The predicted molar refractivity (Wildman–Crippen MR) is 111 cm³/mol. The first kappa shape index (κ1) is 22.0. The van der Waals surface area contributed by atoms with Gasteiger partial charge in [0, 0.05) is 12.1 Å². The molecule has 0 radical (unpaired) electrons. The van der Waals surface area contributed by atoms with Crippen molar-refractivity contribution >= 4 is 11.0 Å². The van der Waals surface area contributed by atoms with Crippen molar-refractivity contribution in [2.45, 2.75) is 44.2 Å². The summed E-state index contributed by atoms with van der Waals surface area (Å²) in [5.74, 6) is 0.0367. The lowest BCUT2D eigenvalue weighted by molar-refractivity contribution is -0.274. The third kappa shape index (κ3) is 4.12. The van der Waals surface area contributed by atoms with Crippen molar-refractivity contribution in [3.05, 3.63) is 76.1 Å². The van der Waals surface area contributed by atoms with Crippen LogP contribution in [0.1, 0.15) is 41.6 Å². The number of hydrogen-bond acceptors (Lipinski definition) is 8. The average molecular weight is 473 g/mol. The van der Waals surface area contributed by atoms with E-state index < -0.39 is 12.0 Å². The largest absolute Gasteiger partial charge is 0.573 e. The van der Waals surface area contributed by atoms with E-state index in [9.17, 15) is 23.1 Å². The molecule has 1 fully saturated rings. The van der Waals surface area contributed by atoms with Crippen molar-refractivity contribution in [2.24, 2.45) is 0 Å². The Hall–Kier alpha value is -3.80. The highest BCUT2D eigenvalue weighted by atomic mass is 19.4. The zero-order valence-corrected chi connectivity index (χ0v) is 17.8. The van der Waals surface area contributed by atoms with Crippen LogP contribution in [0.25, 0.3) is 11.0 Å². The number of alkyl halides is 3. The summed E-state index contributed by atoms with van der Waals surface area (Å²) in [5.41, 5.74) is 0.103. The predicted octanol–water partition coefficient (Wildman–Crippen LogP) is 3.20. The lowest BCUT2D eigenvalue weighted by Gasteiger charge is -2.42. The number of nitrogens with zero attached hydrogens (tertiary/aromatic N) is 5. The van der Waals surface area contributed by atoms with Crippen molar-refractivity contribution in [3.8, 4) is 5.75 Å². The summed E-state index contributed by atoms with van der Waals surface area (Å²) in [4.78, 5) is 25.4. The Kier molecular flexibility index (Phi) is 5.12. The summed E-state index contributed by atoms with van der Waals surface area (Å²) in [6.07, 6.45) is -1.28. The molecule has 0 saturated heterocycles. The number of benzene rings is 1. The van der Waals surface area contributed by atoms with E-state index in [1.807, 2.05) is 0 Å². The van der Waals surface area contributed by atoms with Gasteiger partial charge in [-0.25, -0.2) is 9.97 Å². The number of pyridine rings is 1. The zero-order chi connectivity index (χ0) is 24.1. The SMILES string of the molecule is Cc1ccnc2ncn(Cc3nc([C@H]4C[C@](O)(c5ccc(OC(F)(F)F)cc5)C4)no3)c(=O)c12. The van der Waals surface area contributed by atoms with Crippen LogP contribution in [0.2, 0.25) is 0 Å². The van der Waals surface area contributed by atoms with Crippen molar-refractivity contribution in [3.63, 3.8) is 0 Å². The quantitative estimate of drug-likeness (QED) is 0.470. The normalized spacial score (nSPS) is 20.3. The average Bonchev–Trinajstić information content (AvgIpc) is 3.21. The highest BCUT2D eigenvalue weighted by Gasteiger charge is 2.46. The minimum Gasteiger partial charge on any atom is -0.406 e. The van der Waals surface area contributed by atoms with Gasteiger partial charge in [0.15, 0.2) is 11.5 Å². The van der Waals surface area contributed by atoms with E-state index in [1.165, 1.54) is 23.0 Å². The van der Waals surface area contributed by atoms with Crippen molar-refractivity contribution in [1.82, 2.24) is 24.7 Å². The highest BCUT2D eigenvalue weighted by Crippen LogP contribution is 2.50. The van der Waals surface area contributed by atoms with Crippen LogP contribution in [0.5, 0.6) is 5.75 Å². The Labute approximate surface area is 189 Å². The minimum atomic E-state index is -4.78. The van der Waals surface area contributed by atoms with E-state index in [0.717, 1.165) is 17.7 Å². The molecule has 3 heterocycles. The molecule has 1 N–H and O–H groups in total. The topological polar surface area (TPSA) is 116 Å². The van der Waals surface area contributed by atoms with Gasteiger partial charge in [0.25, 0.3) is 5.56 Å². The Morgan fingerprint density at radius 1 is 1.21 bits per heavy atom. The molecule has 1 saturated carbocycles. The van der Waals surface area contributed by atoms with Crippen LogP contribution in [0.4, 0.5) is 13.2 Å². The number of rotatable bonds is 5. The van der Waals surface area contributed by atoms with E-state index in [4.69, 9.17) is 4.52 Å². The Morgan fingerprint density at radius 2 is 1.94 bits per heavy atom. The number of aromatic nitrogens is 5. The van der Waals surface area contributed by atoms with E-state index in [2.05, 4.69) is 24.8 Å². The molecule has 1 aromatic carbocycles. The smallest absolute Gasteiger partial charge is 0.406 e. The van der Waals surface area contributed by atoms with Crippen molar-refractivity contribution < 1.29 is 27.5 Å². The van der Waals surface area contributed by atoms with Crippen LogP contribution >= 0.6 is 0 Å². The van der Waals surface area contributed by atoms with E-state index in [0.29, 0.717) is 22.4 Å². The standard InChI is InChI=1S/C22H18F3N5O4/c1-12-6-7-26-19-17(12)20(31)30(11-27-19)10-16-28-18(29-34-16)13-8-21(32,9-13)14-2-4-15(5-3-14)33-22(23,24)25/h2-7,11,13,32H,8-10H2,1H3/t13-,21+. The number of hydrogen-bond donors (Lipinski definition) is 1. The molecular formula is C22H18F3N5O4. The third-order valence-corrected chi connectivity index (χ3v) is 5.88. The number of aliphatic hydroxyl groups is 1. The first-order chi connectivity index (χ1) is 16.1. The zero-order valence-electron chi connectivity index (χ0n) is 17.8. The van der Waals surface area contributed by atoms with Crippen LogP contribution in [0.15, 0.2) is 52.2 Å². The second-order valence-electron chi connectivity index (χ2n) is 8.26. The number of aryl methyl sites for hydroxylation is 1. The second-order valence-corrected chi connectivity index (χ2v) is 8.26. The van der Waals surface area contributed by atoms with Gasteiger partial charge in [0.1, 0.15) is 18.6 Å². The number of ether oxygens (including phenoxy) is 1. The molecule has 176 valence electrons. The molecule has 1 aliphatic carbocycles. The van der Waals surface area contributed by atoms with Gasteiger partial charge in [-0.15, -0.1) is 13.2 Å². The fourth-order valence-corrected chi connectivity index (χ4v) is 4.12. The van der Waals surface area contributed by atoms with Gasteiger partial charge < -0.3 is 14.4 Å². The van der Waals surface area contributed by atoms with Gasteiger partial charge in [0.05, 0.1) is 11.0 Å². The minimum absolute atomic E-state index is 0.0285. The maximum absolute atomic E-state index is 12.8.